The number of amides is 1. The molecule has 1 aliphatic heterocycles. The van der Waals surface area contributed by atoms with Gasteiger partial charge in [-0.1, -0.05) is 31.6 Å². The summed E-state index contributed by atoms with van der Waals surface area (Å²) in [7, 11) is -2.11. The van der Waals surface area contributed by atoms with Crippen molar-refractivity contribution in [3.05, 3.63) is 23.8 Å². The SMILES string of the molecule is C[C@H](CO)N1C[C@H](C)[C@H](CN(C)C(=O)CC2CC2)Oc2cc(C#CCC3CCCC3)ccc2S1(=O)=O. The van der Waals surface area contributed by atoms with Gasteiger partial charge in [0.1, 0.15) is 16.7 Å². The Bertz CT molecular complexity index is 1100. The second-order valence-electron chi connectivity index (χ2n) is 11.0. The third kappa shape index (κ3) is 6.42. The predicted molar refractivity (Wildman–Crippen MR) is 139 cm³/mol. The third-order valence-electron chi connectivity index (χ3n) is 7.81. The molecule has 2 fully saturated rings. The van der Waals surface area contributed by atoms with Crippen LogP contribution in [-0.4, -0.2) is 67.5 Å². The van der Waals surface area contributed by atoms with Crippen LogP contribution in [0, 0.1) is 29.6 Å². The van der Waals surface area contributed by atoms with Crippen LogP contribution in [0.15, 0.2) is 23.1 Å². The lowest BCUT2D eigenvalue weighted by molar-refractivity contribution is -0.131. The highest BCUT2D eigenvalue weighted by Gasteiger charge is 2.38. The lowest BCUT2D eigenvalue weighted by Crippen LogP contribution is -2.50. The van der Waals surface area contributed by atoms with Gasteiger partial charge >= 0.3 is 0 Å². The first-order valence-electron chi connectivity index (χ1n) is 13.3. The van der Waals surface area contributed by atoms with Crippen molar-refractivity contribution in [2.45, 2.75) is 82.3 Å². The smallest absolute Gasteiger partial charge is 0.247 e. The van der Waals surface area contributed by atoms with Gasteiger partial charge in [-0.15, -0.1) is 0 Å². The highest BCUT2D eigenvalue weighted by atomic mass is 32.2. The Morgan fingerprint density at radius 2 is 1.94 bits per heavy atom. The Morgan fingerprint density at radius 3 is 2.61 bits per heavy atom. The van der Waals surface area contributed by atoms with Crippen LogP contribution < -0.4 is 4.74 Å². The number of fused-ring (bicyclic) bond motifs is 1. The molecule has 1 aromatic carbocycles. The predicted octanol–water partition coefficient (Wildman–Crippen LogP) is 3.65. The van der Waals surface area contributed by atoms with Gasteiger partial charge in [0.25, 0.3) is 0 Å². The van der Waals surface area contributed by atoms with Crippen LogP contribution in [0.5, 0.6) is 5.75 Å². The zero-order valence-corrected chi connectivity index (χ0v) is 22.6. The molecule has 8 heteroatoms. The average Bonchev–Trinajstić information content (AvgIpc) is 3.51. The molecule has 4 rings (SSSR count). The highest BCUT2D eigenvalue weighted by Crippen LogP contribution is 2.35. The van der Waals surface area contributed by atoms with Crippen LogP contribution in [0.4, 0.5) is 0 Å². The molecule has 0 spiro atoms. The van der Waals surface area contributed by atoms with Crippen LogP contribution in [-0.2, 0) is 14.8 Å². The molecule has 2 aliphatic carbocycles. The maximum Gasteiger partial charge on any atom is 0.247 e. The lowest BCUT2D eigenvalue weighted by Gasteiger charge is -2.37. The molecular formula is C28H40N2O5S. The number of benzene rings is 1. The summed E-state index contributed by atoms with van der Waals surface area (Å²) in [6.45, 7) is 3.92. The van der Waals surface area contributed by atoms with E-state index in [1.165, 1.54) is 30.0 Å². The minimum atomic E-state index is -3.89. The lowest BCUT2D eigenvalue weighted by atomic mass is 10.0. The molecule has 0 bridgehead atoms. The molecule has 36 heavy (non-hydrogen) atoms. The van der Waals surface area contributed by atoms with Crippen molar-refractivity contribution in [3.8, 4) is 17.6 Å². The molecule has 198 valence electrons. The van der Waals surface area contributed by atoms with E-state index in [-0.39, 0.29) is 35.6 Å². The molecule has 1 aromatic rings. The molecule has 0 radical (unpaired) electrons. The van der Waals surface area contributed by atoms with E-state index in [0.29, 0.717) is 30.4 Å². The van der Waals surface area contributed by atoms with Crippen LogP contribution in [0.1, 0.15) is 70.8 Å². The van der Waals surface area contributed by atoms with Gasteiger partial charge in [0.05, 0.1) is 13.2 Å². The summed E-state index contributed by atoms with van der Waals surface area (Å²) in [5.41, 5.74) is 0.717. The number of likely N-dealkylation sites (N-methyl/N-ethyl adjacent to an activating group) is 1. The van der Waals surface area contributed by atoms with Crippen molar-refractivity contribution in [1.82, 2.24) is 9.21 Å². The first-order valence-corrected chi connectivity index (χ1v) is 14.8. The largest absolute Gasteiger partial charge is 0.487 e. The summed E-state index contributed by atoms with van der Waals surface area (Å²) in [6, 6.07) is 4.43. The number of aliphatic hydroxyl groups is 1. The first kappa shape index (κ1) is 27.0. The normalized spacial score (nSPS) is 25.0. The molecule has 3 aliphatic rings. The molecule has 0 unspecified atom stereocenters. The number of ether oxygens (including phenoxy) is 1. The van der Waals surface area contributed by atoms with Gasteiger partial charge in [0.2, 0.25) is 15.9 Å². The van der Waals surface area contributed by atoms with Gasteiger partial charge in [-0.2, -0.15) is 4.31 Å². The number of hydrogen-bond acceptors (Lipinski definition) is 5. The fourth-order valence-corrected chi connectivity index (χ4v) is 6.96. The Kier molecular flexibility index (Phi) is 8.64. The zero-order chi connectivity index (χ0) is 25.9. The van der Waals surface area contributed by atoms with E-state index in [0.717, 1.165) is 19.3 Å². The van der Waals surface area contributed by atoms with Crippen molar-refractivity contribution >= 4 is 15.9 Å². The number of aliphatic hydroxyl groups excluding tert-OH is 1. The molecular weight excluding hydrogens is 476 g/mol. The van der Waals surface area contributed by atoms with Gasteiger partial charge in [0.15, 0.2) is 0 Å². The van der Waals surface area contributed by atoms with Crippen molar-refractivity contribution in [3.63, 3.8) is 0 Å². The van der Waals surface area contributed by atoms with Gasteiger partial charge in [-0.3, -0.25) is 4.79 Å². The van der Waals surface area contributed by atoms with E-state index in [4.69, 9.17) is 4.74 Å². The van der Waals surface area contributed by atoms with Crippen LogP contribution in [0.25, 0.3) is 0 Å². The summed E-state index contributed by atoms with van der Waals surface area (Å²) in [4.78, 5) is 14.5. The van der Waals surface area contributed by atoms with Gasteiger partial charge in [-0.25, -0.2) is 8.42 Å². The van der Waals surface area contributed by atoms with Gasteiger partial charge in [0, 0.05) is 44.0 Å². The van der Waals surface area contributed by atoms with E-state index in [9.17, 15) is 18.3 Å². The highest BCUT2D eigenvalue weighted by molar-refractivity contribution is 7.89. The molecule has 1 amide bonds. The van der Waals surface area contributed by atoms with E-state index in [2.05, 4.69) is 11.8 Å². The molecule has 0 aromatic heterocycles. The number of sulfonamides is 1. The van der Waals surface area contributed by atoms with E-state index < -0.39 is 22.2 Å². The first-order chi connectivity index (χ1) is 17.2. The maximum atomic E-state index is 13.6. The van der Waals surface area contributed by atoms with Crippen molar-refractivity contribution in [1.29, 1.82) is 0 Å². The Labute approximate surface area is 216 Å². The van der Waals surface area contributed by atoms with Crippen LogP contribution in [0.2, 0.25) is 0 Å². The summed E-state index contributed by atoms with van der Waals surface area (Å²) in [5, 5.41) is 9.81. The summed E-state index contributed by atoms with van der Waals surface area (Å²) in [6.07, 6.45) is 8.23. The van der Waals surface area contributed by atoms with Crippen LogP contribution >= 0.6 is 0 Å². The number of rotatable bonds is 7. The third-order valence-corrected chi connectivity index (χ3v) is 9.82. The Morgan fingerprint density at radius 1 is 1.22 bits per heavy atom. The monoisotopic (exact) mass is 516 g/mol. The molecule has 2 saturated carbocycles. The Balaban J connectivity index is 1.63. The summed E-state index contributed by atoms with van der Waals surface area (Å²) >= 11 is 0. The minimum Gasteiger partial charge on any atom is -0.487 e. The second kappa shape index (κ2) is 11.5. The van der Waals surface area contributed by atoms with Crippen molar-refractivity contribution < 1.29 is 23.1 Å². The standard InChI is InChI=1S/C28H40N2O5S/c1-20-17-30(21(2)19-31)36(33,34)27-14-13-23(10-6-9-22-7-4-5-8-22)15-25(27)35-26(20)18-29(3)28(32)16-24-11-12-24/h13-15,20-22,24,26,31H,4-5,7-9,11-12,16-19H2,1-3H3/t20-,21+,26-/m0/s1. The average molecular weight is 517 g/mol. The summed E-state index contributed by atoms with van der Waals surface area (Å²) < 4.78 is 35.0. The maximum absolute atomic E-state index is 13.6. The topological polar surface area (TPSA) is 87.2 Å². The number of carbonyl (C=O) groups excluding carboxylic acids is 1. The van der Waals surface area contributed by atoms with Crippen molar-refractivity contribution in [2.75, 3.05) is 26.7 Å². The van der Waals surface area contributed by atoms with E-state index in [1.54, 1.807) is 37.1 Å². The molecule has 1 N–H and O–H groups in total. The molecule has 1 heterocycles. The number of carbonyl (C=O) groups is 1. The number of nitrogens with zero attached hydrogens (tertiary/aromatic N) is 2. The minimum absolute atomic E-state index is 0.0769. The summed E-state index contributed by atoms with van der Waals surface area (Å²) in [5.74, 6) is 7.78. The second-order valence-corrected chi connectivity index (χ2v) is 12.8. The quantitative estimate of drug-likeness (QED) is 0.559. The van der Waals surface area contributed by atoms with Crippen LogP contribution in [0.3, 0.4) is 0 Å². The molecule has 0 saturated heterocycles. The number of hydrogen-bond donors (Lipinski definition) is 1. The van der Waals surface area contributed by atoms with Gasteiger partial charge < -0.3 is 14.7 Å². The van der Waals surface area contributed by atoms with E-state index in [1.807, 2.05) is 6.92 Å². The van der Waals surface area contributed by atoms with Gasteiger partial charge in [-0.05, 0) is 62.6 Å². The Hall–Kier alpha value is -2.08. The molecule has 3 atom stereocenters. The molecule has 7 nitrogen and oxygen atoms in total. The fraction of sp³-hybridized carbons (Fsp3) is 0.679. The van der Waals surface area contributed by atoms with E-state index >= 15 is 0 Å². The fourth-order valence-electron chi connectivity index (χ4n) is 5.13. The van der Waals surface area contributed by atoms with Crippen molar-refractivity contribution in [2.24, 2.45) is 17.8 Å². The zero-order valence-electron chi connectivity index (χ0n) is 21.8.